The molecule has 0 unspecified atom stereocenters. The van der Waals surface area contributed by atoms with Gasteiger partial charge < -0.3 is 10.2 Å². The van der Waals surface area contributed by atoms with Crippen LogP contribution in [0.25, 0.3) is 10.8 Å². The molecule has 1 N–H and O–H groups in total. The first-order valence-electron chi connectivity index (χ1n) is 6.38. The summed E-state index contributed by atoms with van der Waals surface area (Å²) in [5, 5.41) is 6.10. The molecule has 0 amide bonds. The van der Waals surface area contributed by atoms with Crippen molar-refractivity contribution in [2.24, 2.45) is 0 Å². The summed E-state index contributed by atoms with van der Waals surface area (Å²) in [5.41, 5.74) is 1.35. The Kier molecular flexibility index (Phi) is 2.97. The van der Waals surface area contributed by atoms with Gasteiger partial charge in [0.05, 0.1) is 0 Å². The predicted molar refractivity (Wildman–Crippen MR) is 73.6 cm³/mol. The first-order valence-corrected chi connectivity index (χ1v) is 6.38. The van der Waals surface area contributed by atoms with Gasteiger partial charge in [0.15, 0.2) is 0 Å². The highest BCUT2D eigenvalue weighted by Crippen LogP contribution is 2.22. The molecule has 2 heteroatoms. The molecule has 0 atom stereocenters. The van der Waals surface area contributed by atoms with E-state index in [1.165, 1.54) is 22.9 Å². The zero-order chi connectivity index (χ0) is 11.5. The fourth-order valence-corrected chi connectivity index (χ4v) is 2.48. The molecule has 0 aliphatic carbocycles. The highest BCUT2D eigenvalue weighted by Gasteiger charge is 2.09. The number of hydrogen-bond donors (Lipinski definition) is 1. The summed E-state index contributed by atoms with van der Waals surface area (Å²) in [4.78, 5) is 2.48. The van der Waals surface area contributed by atoms with Crippen LogP contribution in [-0.4, -0.2) is 26.2 Å². The molecule has 3 rings (SSSR count). The summed E-state index contributed by atoms with van der Waals surface area (Å²) >= 11 is 0. The average molecular weight is 226 g/mol. The molecule has 0 radical (unpaired) electrons. The van der Waals surface area contributed by atoms with Crippen LogP contribution in [-0.2, 0) is 0 Å². The Morgan fingerprint density at radius 2 is 1.76 bits per heavy atom. The minimum absolute atomic E-state index is 1.09. The third-order valence-electron chi connectivity index (χ3n) is 3.44. The maximum Gasteiger partial charge on any atom is 0.0373 e. The van der Waals surface area contributed by atoms with E-state index in [4.69, 9.17) is 0 Å². The minimum atomic E-state index is 1.09. The van der Waals surface area contributed by atoms with Gasteiger partial charge in [-0.1, -0.05) is 30.3 Å². The van der Waals surface area contributed by atoms with E-state index in [0.717, 1.165) is 26.2 Å². The molecule has 2 aromatic carbocycles. The van der Waals surface area contributed by atoms with Crippen LogP contribution in [0, 0.1) is 0 Å². The predicted octanol–water partition coefficient (Wildman–Crippen LogP) is 2.64. The minimum Gasteiger partial charge on any atom is -0.370 e. The van der Waals surface area contributed by atoms with Crippen molar-refractivity contribution in [3.8, 4) is 0 Å². The number of fused-ring (bicyclic) bond motifs is 1. The molecule has 0 saturated carbocycles. The molecule has 2 nitrogen and oxygen atoms in total. The maximum atomic E-state index is 3.44. The first-order chi connectivity index (χ1) is 8.43. The van der Waals surface area contributed by atoms with Gasteiger partial charge >= 0.3 is 0 Å². The lowest BCUT2D eigenvalue weighted by atomic mass is 10.1. The molecular weight excluding hydrogens is 208 g/mol. The third kappa shape index (κ3) is 2.27. The zero-order valence-corrected chi connectivity index (χ0v) is 10.0. The van der Waals surface area contributed by atoms with E-state index in [0.29, 0.717) is 0 Å². The van der Waals surface area contributed by atoms with Crippen molar-refractivity contribution in [3.63, 3.8) is 0 Å². The molecule has 17 heavy (non-hydrogen) atoms. The van der Waals surface area contributed by atoms with E-state index in [1.807, 2.05) is 0 Å². The second-order valence-electron chi connectivity index (χ2n) is 4.62. The second-order valence-corrected chi connectivity index (χ2v) is 4.62. The van der Waals surface area contributed by atoms with Gasteiger partial charge in [-0.05, 0) is 35.9 Å². The highest BCUT2D eigenvalue weighted by molar-refractivity contribution is 5.85. The van der Waals surface area contributed by atoms with Crippen LogP contribution < -0.4 is 10.2 Å². The summed E-state index contributed by atoms with van der Waals surface area (Å²) in [7, 11) is 0. The van der Waals surface area contributed by atoms with Crippen LogP contribution in [0.4, 0.5) is 5.69 Å². The largest absolute Gasteiger partial charge is 0.370 e. The Morgan fingerprint density at radius 3 is 2.71 bits per heavy atom. The quantitative estimate of drug-likeness (QED) is 0.804. The van der Waals surface area contributed by atoms with Crippen molar-refractivity contribution in [2.75, 3.05) is 31.1 Å². The summed E-state index contributed by atoms with van der Waals surface area (Å²) in [6, 6.07) is 15.3. The monoisotopic (exact) mass is 226 g/mol. The molecule has 0 bridgehead atoms. The molecular formula is C15H18N2. The smallest absolute Gasteiger partial charge is 0.0373 e. The Morgan fingerprint density at radius 1 is 0.882 bits per heavy atom. The van der Waals surface area contributed by atoms with Crippen LogP contribution in [0.1, 0.15) is 6.42 Å². The topological polar surface area (TPSA) is 15.3 Å². The van der Waals surface area contributed by atoms with Crippen LogP contribution in [0.5, 0.6) is 0 Å². The first kappa shape index (κ1) is 10.6. The lowest BCUT2D eigenvalue weighted by molar-refractivity contribution is 0.724. The molecule has 0 spiro atoms. The van der Waals surface area contributed by atoms with Crippen molar-refractivity contribution < 1.29 is 0 Å². The van der Waals surface area contributed by atoms with Gasteiger partial charge in [-0.15, -0.1) is 0 Å². The van der Waals surface area contributed by atoms with Gasteiger partial charge in [0, 0.05) is 25.3 Å². The second kappa shape index (κ2) is 4.76. The maximum absolute atomic E-state index is 3.44. The standard InChI is InChI=1S/C15H18N2/c1-2-5-14-12-15(7-6-13(14)4-1)17-10-3-8-16-9-11-17/h1-2,4-7,12,16H,3,8-11H2. The van der Waals surface area contributed by atoms with E-state index in [2.05, 4.69) is 52.7 Å². The Hall–Kier alpha value is -1.54. The van der Waals surface area contributed by atoms with Crippen LogP contribution in [0.2, 0.25) is 0 Å². The number of nitrogens with zero attached hydrogens (tertiary/aromatic N) is 1. The van der Waals surface area contributed by atoms with Gasteiger partial charge in [0.25, 0.3) is 0 Å². The number of benzene rings is 2. The molecule has 1 aliphatic rings. The van der Waals surface area contributed by atoms with Gasteiger partial charge in [-0.25, -0.2) is 0 Å². The molecule has 1 fully saturated rings. The highest BCUT2D eigenvalue weighted by atomic mass is 15.2. The molecule has 2 aromatic rings. The summed E-state index contributed by atoms with van der Waals surface area (Å²) in [6.45, 7) is 4.50. The van der Waals surface area contributed by atoms with Crippen LogP contribution in [0.3, 0.4) is 0 Å². The summed E-state index contributed by atoms with van der Waals surface area (Å²) in [5.74, 6) is 0. The van der Waals surface area contributed by atoms with Crippen molar-refractivity contribution in [3.05, 3.63) is 42.5 Å². The van der Waals surface area contributed by atoms with Crippen molar-refractivity contribution in [1.29, 1.82) is 0 Å². The average Bonchev–Trinajstić information content (AvgIpc) is 2.67. The lowest BCUT2D eigenvalue weighted by Crippen LogP contribution is -2.27. The number of hydrogen-bond acceptors (Lipinski definition) is 2. The van der Waals surface area contributed by atoms with Gasteiger partial charge in [-0.2, -0.15) is 0 Å². The number of rotatable bonds is 1. The fourth-order valence-electron chi connectivity index (χ4n) is 2.48. The van der Waals surface area contributed by atoms with Crippen molar-refractivity contribution in [1.82, 2.24) is 5.32 Å². The Bertz CT molecular complexity index is 499. The summed E-state index contributed by atoms with van der Waals surface area (Å²) in [6.07, 6.45) is 1.23. The summed E-state index contributed by atoms with van der Waals surface area (Å²) < 4.78 is 0. The van der Waals surface area contributed by atoms with E-state index >= 15 is 0 Å². The van der Waals surface area contributed by atoms with Gasteiger partial charge in [0.1, 0.15) is 0 Å². The van der Waals surface area contributed by atoms with Crippen LogP contribution >= 0.6 is 0 Å². The van der Waals surface area contributed by atoms with Gasteiger partial charge in [-0.3, -0.25) is 0 Å². The normalized spacial score (nSPS) is 17.1. The molecule has 1 aliphatic heterocycles. The van der Waals surface area contributed by atoms with E-state index in [1.54, 1.807) is 0 Å². The SMILES string of the molecule is c1ccc2cc(N3CCCNCC3)ccc2c1. The van der Waals surface area contributed by atoms with Crippen molar-refractivity contribution in [2.45, 2.75) is 6.42 Å². The fraction of sp³-hybridized carbons (Fsp3) is 0.333. The van der Waals surface area contributed by atoms with Gasteiger partial charge in [0.2, 0.25) is 0 Å². The molecule has 1 heterocycles. The Labute approximate surface area is 102 Å². The van der Waals surface area contributed by atoms with Crippen molar-refractivity contribution >= 4 is 16.5 Å². The zero-order valence-electron chi connectivity index (χ0n) is 10.0. The van der Waals surface area contributed by atoms with E-state index in [9.17, 15) is 0 Å². The molecule has 88 valence electrons. The molecule has 1 saturated heterocycles. The van der Waals surface area contributed by atoms with E-state index < -0.39 is 0 Å². The Balaban J connectivity index is 1.93. The number of anilines is 1. The third-order valence-corrected chi connectivity index (χ3v) is 3.44. The lowest BCUT2D eigenvalue weighted by Gasteiger charge is -2.22. The number of nitrogens with one attached hydrogen (secondary N) is 1. The van der Waals surface area contributed by atoms with Crippen LogP contribution in [0.15, 0.2) is 42.5 Å². The molecule has 0 aromatic heterocycles. The van der Waals surface area contributed by atoms with E-state index in [-0.39, 0.29) is 0 Å².